The van der Waals surface area contributed by atoms with Crippen molar-refractivity contribution < 1.29 is 9.90 Å². The second-order valence-corrected chi connectivity index (χ2v) is 5.48. The molecular formula is C13H27NO2S. The Balaban J connectivity index is 3.94. The molecule has 0 aliphatic carbocycles. The summed E-state index contributed by atoms with van der Waals surface area (Å²) in [6.07, 6.45) is 7.50. The van der Waals surface area contributed by atoms with Gasteiger partial charge in [-0.05, 0) is 37.3 Å². The van der Waals surface area contributed by atoms with Crippen molar-refractivity contribution in [1.29, 1.82) is 0 Å². The first kappa shape index (κ1) is 16.8. The van der Waals surface area contributed by atoms with Crippen molar-refractivity contribution in [3.05, 3.63) is 0 Å². The van der Waals surface area contributed by atoms with Gasteiger partial charge in [0.15, 0.2) is 0 Å². The largest absolute Gasteiger partial charge is 0.480 e. The Morgan fingerprint density at radius 1 is 1.35 bits per heavy atom. The van der Waals surface area contributed by atoms with Crippen molar-refractivity contribution >= 4 is 17.7 Å². The van der Waals surface area contributed by atoms with Gasteiger partial charge in [-0.1, -0.05) is 33.1 Å². The topological polar surface area (TPSA) is 49.3 Å². The standard InChI is InChI=1S/C13H27NO2S/c1-4-6-7-11(5-2)10-14-12(13(15)16)8-9-17-3/h11-12,14H,4-10H2,1-3H3,(H,15,16)/t11?,12-/m0/s1. The highest BCUT2D eigenvalue weighted by atomic mass is 32.2. The van der Waals surface area contributed by atoms with Gasteiger partial charge in [0.1, 0.15) is 6.04 Å². The first-order chi connectivity index (χ1) is 8.15. The van der Waals surface area contributed by atoms with Gasteiger partial charge in [-0.2, -0.15) is 11.8 Å². The lowest BCUT2D eigenvalue weighted by molar-refractivity contribution is -0.139. The summed E-state index contributed by atoms with van der Waals surface area (Å²) in [7, 11) is 0. The van der Waals surface area contributed by atoms with Crippen LogP contribution in [-0.2, 0) is 4.79 Å². The van der Waals surface area contributed by atoms with Gasteiger partial charge in [-0.15, -0.1) is 0 Å². The third-order valence-electron chi connectivity index (χ3n) is 3.10. The third-order valence-corrected chi connectivity index (χ3v) is 3.75. The number of carboxylic acids is 1. The first-order valence-corrected chi connectivity index (χ1v) is 8.00. The molecule has 0 aromatic rings. The average Bonchev–Trinajstić information content (AvgIpc) is 2.32. The minimum absolute atomic E-state index is 0.377. The van der Waals surface area contributed by atoms with Crippen molar-refractivity contribution in [3.63, 3.8) is 0 Å². The number of carboxylic acid groups (broad SMARTS) is 1. The van der Waals surface area contributed by atoms with Gasteiger partial charge in [-0.25, -0.2) is 0 Å². The number of rotatable bonds is 11. The number of nitrogens with one attached hydrogen (secondary N) is 1. The normalized spacial score (nSPS) is 14.5. The summed E-state index contributed by atoms with van der Waals surface area (Å²) < 4.78 is 0. The summed E-state index contributed by atoms with van der Waals surface area (Å²) in [4.78, 5) is 11.0. The van der Waals surface area contributed by atoms with Crippen molar-refractivity contribution in [2.45, 2.75) is 52.0 Å². The molecule has 0 aromatic carbocycles. The van der Waals surface area contributed by atoms with Gasteiger partial charge >= 0.3 is 5.97 Å². The van der Waals surface area contributed by atoms with Gasteiger partial charge in [0.25, 0.3) is 0 Å². The van der Waals surface area contributed by atoms with Gasteiger partial charge in [0.05, 0.1) is 0 Å². The van der Waals surface area contributed by atoms with Crippen molar-refractivity contribution in [1.82, 2.24) is 5.32 Å². The third kappa shape index (κ3) is 8.50. The van der Waals surface area contributed by atoms with Crippen LogP contribution in [0.5, 0.6) is 0 Å². The second-order valence-electron chi connectivity index (χ2n) is 4.50. The minimum atomic E-state index is -0.718. The molecule has 2 atom stereocenters. The summed E-state index contributed by atoms with van der Waals surface area (Å²) >= 11 is 1.70. The molecule has 102 valence electrons. The number of aliphatic carboxylic acids is 1. The van der Waals surface area contributed by atoms with E-state index in [-0.39, 0.29) is 6.04 Å². The summed E-state index contributed by atoms with van der Waals surface area (Å²) in [5.74, 6) is 0.797. The number of carbonyl (C=O) groups is 1. The van der Waals surface area contributed by atoms with Crippen LogP contribution in [0.15, 0.2) is 0 Å². The molecule has 0 spiro atoms. The van der Waals surface area contributed by atoms with Crippen LogP contribution in [0.25, 0.3) is 0 Å². The summed E-state index contributed by atoms with van der Waals surface area (Å²) in [6, 6.07) is -0.377. The quantitative estimate of drug-likeness (QED) is 0.600. The summed E-state index contributed by atoms with van der Waals surface area (Å²) in [5, 5.41) is 12.3. The molecule has 0 aliphatic rings. The van der Waals surface area contributed by atoms with Crippen LogP contribution < -0.4 is 5.32 Å². The van der Waals surface area contributed by atoms with Crippen LogP contribution in [0.1, 0.15) is 46.0 Å². The SMILES string of the molecule is CCCCC(CC)CN[C@@H](CCSC)C(=O)O. The Kier molecular flexibility index (Phi) is 10.8. The number of thioether (sulfide) groups is 1. The predicted octanol–water partition coefficient (Wildman–Crippen LogP) is 3.00. The molecule has 2 N–H and O–H groups in total. The van der Waals surface area contributed by atoms with Crippen molar-refractivity contribution in [2.24, 2.45) is 5.92 Å². The maximum absolute atomic E-state index is 11.0. The molecular weight excluding hydrogens is 234 g/mol. The van der Waals surface area contributed by atoms with E-state index >= 15 is 0 Å². The van der Waals surface area contributed by atoms with E-state index in [4.69, 9.17) is 5.11 Å². The van der Waals surface area contributed by atoms with Crippen LogP contribution in [0.2, 0.25) is 0 Å². The average molecular weight is 261 g/mol. The molecule has 17 heavy (non-hydrogen) atoms. The van der Waals surface area contributed by atoms with Crippen LogP contribution in [0.4, 0.5) is 0 Å². The smallest absolute Gasteiger partial charge is 0.320 e. The van der Waals surface area contributed by atoms with E-state index in [9.17, 15) is 4.79 Å². The Bertz CT molecular complexity index is 200. The monoisotopic (exact) mass is 261 g/mol. The highest BCUT2D eigenvalue weighted by Crippen LogP contribution is 2.12. The van der Waals surface area contributed by atoms with E-state index in [0.717, 1.165) is 18.7 Å². The lowest BCUT2D eigenvalue weighted by atomic mass is 9.99. The van der Waals surface area contributed by atoms with E-state index in [1.807, 2.05) is 6.26 Å². The number of unbranched alkanes of at least 4 members (excludes halogenated alkanes) is 1. The van der Waals surface area contributed by atoms with Gasteiger partial charge < -0.3 is 10.4 Å². The number of hydrogen-bond donors (Lipinski definition) is 2. The molecule has 0 aromatic heterocycles. The van der Waals surface area contributed by atoms with Gasteiger partial charge in [0, 0.05) is 0 Å². The Morgan fingerprint density at radius 2 is 2.06 bits per heavy atom. The molecule has 0 saturated carbocycles. The fraction of sp³-hybridized carbons (Fsp3) is 0.923. The maximum atomic E-state index is 11.0. The molecule has 0 amide bonds. The molecule has 0 heterocycles. The Morgan fingerprint density at radius 3 is 2.53 bits per heavy atom. The van der Waals surface area contributed by atoms with Crippen LogP contribution >= 0.6 is 11.8 Å². The lowest BCUT2D eigenvalue weighted by Gasteiger charge is -2.19. The highest BCUT2D eigenvalue weighted by Gasteiger charge is 2.17. The molecule has 0 saturated heterocycles. The molecule has 0 fully saturated rings. The molecule has 0 bridgehead atoms. The molecule has 0 radical (unpaired) electrons. The zero-order valence-corrected chi connectivity index (χ0v) is 12.2. The minimum Gasteiger partial charge on any atom is -0.480 e. The van der Waals surface area contributed by atoms with E-state index in [0.29, 0.717) is 12.3 Å². The van der Waals surface area contributed by atoms with E-state index in [2.05, 4.69) is 19.2 Å². The molecule has 3 nitrogen and oxygen atoms in total. The molecule has 4 heteroatoms. The Labute approximate surface area is 110 Å². The molecule has 1 unspecified atom stereocenters. The van der Waals surface area contributed by atoms with Crippen LogP contribution in [0, 0.1) is 5.92 Å². The summed E-state index contributed by atoms with van der Waals surface area (Å²) in [5.41, 5.74) is 0. The van der Waals surface area contributed by atoms with E-state index in [1.54, 1.807) is 11.8 Å². The fourth-order valence-electron chi connectivity index (χ4n) is 1.80. The second kappa shape index (κ2) is 10.9. The molecule has 0 aliphatic heterocycles. The van der Waals surface area contributed by atoms with Crippen LogP contribution in [-0.4, -0.2) is 35.7 Å². The van der Waals surface area contributed by atoms with E-state index < -0.39 is 5.97 Å². The lowest BCUT2D eigenvalue weighted by Crippen LogP contribution is -2.39. The van der Waals surface area contributed by atoms with Crippen molar-refractivity contribution in [2.75, 3.05) is 18.6 Å². The first-order valence-electron chi connectivity index (χ1n) is 6.60. The maximum Gasteiger partial charge on any atom is 0.320 e. The Hall–Kier alpha value is -0.220. The van der Waals surface area contributed by atoms with E-state index in [1.165, 1.54) is 19.3 Å². The van der Waals surface area contributed by atoms with Gasteiger partial charge in [0.2, 0.25) is 0 Å². The fourth-order valence-corrected chi connectivity index (χ4v) is 2.27. The van der Waals surface area contributed by atoms with Gasteiger partial charge in [-0.3, -0.25) is 4.79 Å². The number of hydrogen-bond acceptors (Lipinski definition) is 3. The zero-order chi connectivity index (χ0) is 13.1. The predicted molar refractivity (Wildman–Crippen MR) is 75.7 cm³/mol. The highest BCUT2D eigenvalue weighted by molar-refractivity contribution is 7.98. The van der Waals surface area contributed by atoms with Crippen molar-refractivity contribution in [3.8, 4) is 0 Å². The van der Waals surface area contributed by atoms with Crippen LogP contribution in [0.3, 0.4) is 0 Å². The zero-order valence-electron chi connectivity index (χ0n) is 11.4. The molecule has 0 rings (SSSR count). The summed E-state index contributed by atoms with van der Waals surface area (Å²) in [6.45, 7) is 5.21.